The normalized spacial score (nSPS) is 12.1. The van der Waals surface area contributed by atoms with Crippen molar-refractivity contribution in [3.05, 3.63) is 0 Å². The van der Waals surface area contributed by atoms with Crippen LogP contribution in [0.25, 0.3) is 0 Å². The Kier molecular flexibility index (Phi) is 41.8. The molecule has 0 saturated carbocycles. The van der Waals surface area contributed by atoms with E-state index in [-0.39, 0.29) is 31.1 Å². The summed E-state index contributed by atoms with van der Waals surface area (Å²) in [6.07, 6.45) is 42.3. The van der Waals surface area contributed by atoms with Gasteiger partial charge in [-0.1, -0.05) is 234 Å². The maximum Gasteiger partial charge on any atom is 0.306 e. The van der Waals surface area contributed by atoms with Crippen molar-refractivity contribution >= 4 is 17.9 Å². The number of carbonyl (C=O) groups excluding carboxylic acids is 3. The molecule has 0 aliphatic rings. The van der Waals surface area contributed by atoms with Crippen LogP contribution in [-0.2, 0) is 28.6 Å². The molecule has 0 N–H and O–H groups in total. The van der Waals surface area contributed by atoms with Crippen molar-refractivity contribution in [3.8, 4) is 0 Å². The molecule has 0 bridgehead atoms. The summed E-state index contributed by atoms with van der Waals surface area (Å²) in [4.78, 5) is 37.8. The van der Waals surface area contributed by atoms with Gasteiger partial charge in [-0.05, 0) is 31.1 Å². The van der Waals surface area contributed by atoms with Gasteiger partial charge in [0.15, 0.2) is 6.10 Å². The Labute approximate surface area is 348 Å². The zero-order valence-corrected chi connectivity index (χ0v) is 38.3. The number of hydrogen-bond donors (Lipinski definition) is 0. The summed E-state index contributed by atoms with van der Waals surface area (Å²) in [5.74, 6) is 0.783. The van der Waals surface area contributed by atoms with Gasteiger partial charge in [-0.25, -0.2) is 0 Å². The number of unbranched alkanes of at least 4 members (excludes halogenated alkanes) is 29. The van der Waals surface area contributed by atoms with Gasteiger partial charge in [0.2, 0.25) is 0 Å². The van der Waals surface area contributed by atoms with Gasteiger partial charge in [-0.15, -0.1) is 0 Å². The molecular weight excluding hydrogens is 697 g/mol. The minimum atomic E-state index is -0.761. The highest BCUT2D eigenvalue weighted by Crippen LogP contribution is 2.17. The summed E-state index contributed by atoms with van der Waals surface area (Å²) < 4.78 is 16.8. The first-order valence-corrected chi connectivity index (χ1v) is 24.7. The molecule has 0 aliphatic heterocycles. The van der Waals surface area contributed by atoms with E-state index in [1.807, 2.05) is 0 Å². The fraction of sp³-hybridized carbons (Fsp3) is 0.940. The molecule has 0 heterocycles. The molecule has 0 unspecified atom stereocenters. The van der Waals surface area contributed by atoms with Crippen LogP contribution in [0.1, 0.15) is 272 Å². The lowest BCUT2D eigenvalue weighted by atomic mass is 10.0. The Morgan fingerprint density at radius 3 is 0.875 bits per heavy atom. The van der Waals surface area contributed by atoms with Crippen LogP contribution in [0, 0.1) is 11.8 Å². The van der Waals surface area contributed by atoms with Gasteiger partial charge in [0, 0.05) is 19.3 Å². The van der Waals surface area contributed by atoms with Crippen molar-refractivity contribution in [2.24, 2.45) is 11.8 Å². The van der Waals surface area contributed by atoms with Crippen LogP contribution >= 0.6 is 0 Å². The smallest absolute Gasteiger partial charge is 0.306 e. The Balaban J connectivity index is 4.33. The van der Waals surface area contributed by atoms with E-state index < -0.39 is 6.10 Å². The summed E-state index contributed by atoms with van der Waals surface area (Å²) in [5.41, 5.74) is 0. The molecule has 0 spiro atoms. The van der Waals surface area contributed by atoms with Gasteiger partial charge < -0.3 is 14.2 Å². The van der Waals surface area contributed by atoms with Crippen molar-refractivity contribution < 1.29 is 28.6 Å². The van der Waals surface area contributed by atoms with Crippen LogP contribution in [0.15, 0.2) is 0 Å². The quantitative estimate of drug-likeness (QED) is 0.0347. The largest absolute Gasteiger partial charge is 0.462 e. The Bertz CT molecular complexity index is 854. The topological polar surface area (TPSA) is 78.9 Å². The van der Waals surface area contributed by atoms with E-state index in [1.165, 1.54) is 161 Å². The predicted molar refractivity (Wildman–Crippen MR) is 238 cm³/mol. The van der Waals surface area contributed by atoms with Crippen molar-refractivity contribution in [1.82, 2.24) is 0 Å². The van der Waals surface area contributed by atoms with Crippen molar-refractivity contribution in [2.75, 3.05) is 13.2 Å². The van der Waals surface area contributed by atoms with E-state index in [1.54, 1.807) is 0 Å². The Morgan fingerprint density at radius 1 is 0.339 bits per heavy atom. The van der Waals surface area contributed by atoms with Crippen LogP contribution < -0.4 is 0 Å². The predicted octanol–water partition coefficient (Wildman–Crippen LogP) is 15.8. The number of ether oxygens (including phenoxy) is 3. The molecule has 6 nitrogen and oxygen atoms in total. The van der Waals surface area contributed by atoms with Crippen LogP contribution in [0.5, 0.6) is 0 Å². The average molecular weight is 793 g/mol. The second-order valence-electron chi connectivity index (χ2n) is 18.1. The van der Waals surface area contributed by atoms with Gasteiger partial charge in [0.05, 0.1) is 0 Å². The molecule has 0 radical (unpaired) electrons. The molecule has 56 heavy (non-hydrogen) atoms. The SMILES string of the molecule is CCCCCCCCCCCCCCC(=O)OC[C@H](COC(=O)CCCCCCCCCCCCC(C)C)OC(=O)CCCCCCCCCCCCC(C)C. The van der Waals surface area contributed by atoms with E-state index in [2.05, 4.69) is 34.6 Å². The van der Waals surface area contributed by atoms with Crippen molar-refractivity contribution in [2.45, 2.75) is 278 Å². The highest BCUT2D eigenvalue weighted by Gasteiger charge is 2.19. The monoisotopic (exact) mass is 793 g/mol. The van der Waals surface area contributed by atoms with Crippen molar-refractivity contribution in [3.63, 3.8) is 0 Å². The standard InChI is InChI=1S/C50H96O6/c1-6-7-8-9-10-11-12-13-20-25-30-35-40-48(51)54-43-47(56-50(53)42-37-32-27-22-17-15-19-24-29-34-39-46(4)5)44-55-49(52)41-36-31-26-21-16-14-18-23-28-33-38-45(2)3/h45-47H,6-44H2,1-5H3/t47-/m1/s1. The maximum atomic E-state index is 12.7. The number of carbonyl (C=O) groups is 3. The summed E-state index contributed by atoms with van der Waals surface area (Å²) in [6, 6.07) is 0. The zero-order valence-electron chi connectivity index (χ0n) is 38.3. The Hall–Kier alpha value is -1.59. The molecule has 0 aliphatic carbocycles. The summed E-state index contributed by atoms with van der Waals surface area (Å²) in [5, 5.41) is 0. The van der Waals surface area contributed by atoms with Gasteiger partial charge in [-0.3, -0.25) is 14.4 Å². The van der Waals surface area contributed by atoms with Crippen LogP contribution in [0.2, 0.25) is 0 Å². The number of esters is 3. The lowest BCUT2D eigenvalue weighted by Crippen LogP contribution is -2.30. The van der Waals surface area contributed by atoms with Crippen molar-refractivity contribution in [1.29, 1.82) is 0 Å². The maximum absolute atomic E-state index is 12.7. The highest BCUT2D eigenvalue weighted by molar-refractivity contribution is 5.71. The lowest BCUT2D eigenvalue weighted by molar-refractivity contribution is -0.167. The molecule has 6 heteroatoms. The summed E-state index contributed by atoms with van der Waals surface area (Å²) in [7, 11) is 0. The number of hydrogen-bond acceptors (Lipinski definition) is 6. The molecule has 0 saturated heterocycles. The molecular formula is C50H96O6. The molecule has 0 aromatic carbocycles. The van der Waals surface area contributed by atoms with Crippen LogP contribution in [0.4, 0.5) is 0 Å². The minimum absolute atomic E-state index is 0.0642. The van der Waals surface area contributed by atoms with E-state index in [9.17, 15) is 14.4 Å². The highest BCUT2D eigenvalue weighted by atomic mass is 16.6. The zero-order chi connectivity index (χ0) is 41.2. The molecule has 0 aromatic heterocycles. The first-order valence-electron chi connectivity index (χ1n) is 24.7. The van der Waals surface area contributed by atoms with E-state index >= 15 is 0 Å². The van der Waals surface area contributed by atoms with Gasteiger partial charge in [0.1, 0.15) is 13.2 Å². The average Bonchev–Trinajstić information content (AvgIpc) is 3.16. The fourth-order valence-corrected chi connectivity index (χ4v) is 7.46. The second-order valence-corrected chi connectivity index (χ2v) is 18.1. The van der Waals surface area contributed by atoms with Gasteiger partial charge in [0.25, 0.3) is 0 Å². The minimum Gasteiger partial charge on any atom is -0.462 e. The van der Waals surface area contributed by atoms with Gasteiger partial charge in [-0.2, -0.15) is 0 Å². The molecule has 0 amide bonds. The molecule has 1 atom stereocenters. The van der Waals surface area contributed by atoms with Crippen LogP contribution in [0.3, 0.4) is 0 Å². The molecule has 0 aromatic rings. The summed E-state index contributed by atoms with van der Waals surface area (Å²) in [6.45, 7) is 11.3. The van der Waals surface area contributed by atoms with Crippen LogP contribution in [-0.4, -0.2) is 37.2 Å². The fourth-order valence-electron chi connectivity index (χ4n) is 7.46. The van der Waals surface area contributed by atoms with E-state index in [0.29, 0.717) is 19.3 Å². The molecule has 332 valence electrons. The third-order valence-corrected chi connectivity index (χ3v) is 11.2. The first-order chi connectivity index (χ1) is 27.2. The molecule has 0 rings (SSSR count). The van der Waals surface area contributed by atoms with E-state index in [0.717, 1.165) is 69.6 Å². The Morgan fingerprint density at radius 2 is 0.589 bits per heavy atom. The first kappa shape index (κ1) is 54.4. The lowest BCUT2D eigenvalue weighted by Gasteiger charge is -2.18. The molecule has 0 fully saturated rings. The van der Waals surface area contributed by atoms with Gasteiger partial charge >= 0.3 is 17.9 Å². The third-order valence-electron chi connectivity index (χ3n) is 11.2. The van der Waals surface area contributed by atoms with E-state index in [4.69, 9.17) is 14.2 Å². The second kappa shape index (κ2) is 43.0. The number of rotatable bonds is 44. The summed E-state index contributed by atoms with van der Waals surface area (Å²) >= 11 is 0. The third kappa shape index (κ3) is 43.5.